The zero-order valence-corrected chi connectivity index (χ0v) is 8.92. The van der Waals surface area contributed by atoms with Gasteiger partial charge < -0.3 is 10.4 Å². The summed E-state index contributed by atoms with van der Waals surface area (Å²) in [6.45, 7) is 0. The van der Waals surface area contributed by atoms with Crippen molar-refractivity contribution in [2.75, 3.05) is 0 Å². The Balaban J connectivity index is 2.21. The maximum absolute atomic E-state index is 11.7. The van der Waals surface area contributed by atoms with E-state index in [9.17, 15) is 9.90 Å². The minimum atomic E-state index is -1.45. The van der Waals surface area contributed by atoms with Gasteiger partial charge in [0.05, 0.1) is 5.56 Å². The lowest BCUT2D eigenvalue weighted by Crippen LogP contribution is -2.40. The summed E-state index contributed by atoms with van der Waals surface area (Å²) in [5.74, 6) is -0.306. The van der Waals surface area contributed by atoms with Crippen LogP contribution in [0.25, 0.3) is 0 Å². The van der Waals surface area contributed by atoms with Crippen molar-refractivity contribution in [2.45, 2.75) is 5.72 Å². The molecule has 1 unspecified atom stereocenters. The summed E-state index contributed by atoms with van der Waals surface area (Å²) in [4.78, 5) is 15.6. The van der Waals surface area contributed by atoms with Crippen LogP contribution in [0.15, 0.2) is 48.8 Å². The number of rotatable bonds is 1. The van der Waals surface area contributed by atoms with Crippen LogP contribution in [0.2, 0.25) is 0 Å². The Labute approximate surface area is 97.9 Å². The van der Waals surface area contributed by atoms with Gasteiger partial charge in [0.25, 0.3) is 5.91 Å². The summed E-state index contributed by atoms with van der Waals surface area (Å²) in [7, 11) is 0. The number of hydrogen-bond donors (Lipinski definition) is 2. The second kappa shape index (κ2) is 3.40. The first-order valence-corrected chi connectivity index (χ1v) is 5.27. The molecule has 4 heteroatoms. The van der Waals surface area contributed by atoms with Crippen molar-refractivity contribution in [1.82, 2.24) is 10.3 Å². The highest BCUT2D eigenvalue weighted by Gasteiger charge is 2.42. The van der Waals surface area contributed by atoms with Gasteiger partial charge in [0.2, 0.25) is 0 Å². The zero-order chi connectivity index (χ0) is 11.9. The Morgan fingerprint density at radius 2 is 1.94 bits per heavy atom. The zero-order valence-electron chi connectivity index (χ0n) is 8.92. The number of benzene rings is 1. The second-order valence-electron chi connectivity index (χ2n) is 3.95. The number of aliphatic hydroxyl groups is 1. The largest absolute Gasteiger partial charge is 0.363 e. The van der Waals surface area contributed by atoms with Crippen molar-refractivity contribution in [3.05, 3.63) is 65.5 Å². The SMILES string of the molecule is O=C1NC(O)(c2ccccc2)c2ccncc21. The first-order chi connectivity index (χ1) is 8.22. The second-order valence-corrected chi connectivity index (χ2v) is 3.95. The molecule has 0 aliphatic carbocycles. The van der Waals surface area contributed by atoms with Crippen molar-refractivity contribution in [2.24, 2.45) is 0 Å². The normalized spacial score (nSPS) is 22.1. The number of nitrogens with zero attached hydrogens (tertiary/aromatic N) is 1. The molecule has 3 rings (SSSR count). The molecular weight excluding hydrogens is 216 g/mol. The number of aromatic nitrogens is 1. The smallest absolute Gasteiger partial charge is 0.256 e. The number of pyridine rings is 1. The van der Waals surface area contributed by atoms with Crippen LogP contribution in [-0.2, 0) is 5.72 Å². The van der Waals surface area contributed by atoms with Crippen LogP contribution in [0.3, 0.4) is 0 Å². The molecule has 2 heterocycles. The van der Waals surface area contributed by atoms with E-state index >= 15 is 0 Å². The van der Waals surface area contributed by atoms with Gasteiger partial charge in [0.15, 0.2) is 5.72 Å². The van der Waals surface area contributed by atoms with Crippen LogP contribution >= 0.6 is 0 Å². The number of nitrogens with one attached hydrogen (secondary N) is 1. The lowest BCUT2D eigenvalue weighted by Gasteiger charge is -2.24. The first kappa shape index (κ1) is 9.99. The number of amides is 1. The van der Waals surface area contributed by atoms with Gasteiger partial charge in [-0.25, -0.2) is 0 Å². The Hall–Kier alpha value is -2.20. The van der Waals surface area contributed by atoms with Crippen molar-refractivity contribution in [3.8, 4) is 0 Å². The van der Waals surface area contributed by atoms with Crippen LogP contribution in [0, 0.1) is 0 Å². The Morgan fingerprint density at radius 1 is 1.18 bits per heavy atom. The van der Waals surface area contributed by atoms with E-state index in [0.717, 1.165) is 0 Å². The van der Waals surface area contributed by atoms with Crippen molar-refractivity contribution in [1.29, 1.82) is 0 Å². The maximum Gasteiger partial charge on any atom is 0.256 e. The lowest BCUT2D eigenvalue weighted by atomic mass is 9.96. The highest BCUT2D eigenvalue weighted by atomic mass is 16.3. The number of hydrogen-bond acceptors (Lipinski definition) is 3. The van der Waals surface area contributed by atoms with E-state index in [-0.39, 0.29) is 5.91 Å². The molecule has 84 valence electrons. The van der Waals surface area contributed by atoms with E-state index in [1.807, 2.05) is 18.2 Å². The monoisotopic (exact) mass is 226 g/mol. The topological polar surface area (TPSA) is 62.2 Å². The summed E-state index contributed by atoms with van der Waals surface area (Å²) < 4.78 is 0. The van der Waals surface area contributed by atoms with Crippen LogP contribution in [0.4, 0.5) is 0 Å². The molecule has 0 saturated carbocycles. The molecule has 1 aromatic heterocycles. The fourth-order valence-corrected chi connectivity index (χ4v) is 2.10. The third kappa shape index (κ3) is 1.34. The molecule has 1 aliphatic heterocycles. The Bertz CT molecular complexity index is 583. The standard InChI is InChI=1S/C13H10N2O2/c16-12-10-8-14-7-6-11(10)13(17,15-12)9-4-2-1-3-5-9/h1-8,17H,(H,15,16). The van der Waals surface area contributed by atoms with Crippen molar-refractivity contribution >= 4 is 5.91 Å². The van der Waals surface area contributed by atoms with Gasteiger partial charge in [0, 0.05) is 23.5 Å². The third-order valence-electron chi connectivity index (χ3n) is 2.94. The molecule has 1 atom stereocenters. The van der Waals surface area contributed by atoms with Crippen LogP contribution < -0.4 is 5.32 Å². The average molecular weight is 226 g/mol. The van der Waals surface area contributed by atoms with E-state index in [2.05, 4.69) is 10.3 Å². The summed E-state index contributed by atoms with van der Waals surface area (Å²) in [6, 6.07) is 10.7. The van der Waals surface area contributed by atoms with Gasteiger partial charge in [-0.1, -0.05) is 30.3 Å². The van der Waals surface area contributed by atoms with Gasteiger partial charge in [-0.05, 0) is 6.07 Å². The van der Waals surface area contributed by atoms with Crippen molar-refractivity contribution in [3.63, 3.8) is 0 Å². The number of carbonyl (C=O) groups is 1. The molecule has 0 saturated heterocycles. The van der Waals surface area contributed by atoms with Gasteiger partial charge in [0.1, 0.15) is 0 Å². The van der Waals surface area contributed by atoms with Crippen LogP contribution in [0.1, 0.15) is 21.5 Å². The summed E-state index contributed by atoms with van der Waals surface area (Å²) >= 11 is 0. The third-order valence-corrected chi connectivity index (χ3v) is 2.94. The lowest BCUT2D eigenvalue weighted by molar-refractivity contribution is 0.0476. The molecule has 17 heavy (non-hydrogen) atoms. The van der Waals surface area contributed by atoms with Crippen LogP contribution in [0.5, 0.6) is 0 Å². The van der Waals surface area contributed by atoms with E-state index in [0.29, 0.717) is 16.7 Å². The molecule has 0 radical (unpaired) electrons. The number of carbonyl (C=O) groups excluding carboxylic acids is 1. The van der Waals surface area contributed by atoms with E-state index < -0.39 is 5.72 Å². The Kier molecular flexibility index (Phi) is 2.00. The molecule has 2 aromatic rings. The van der Waals surface area contributed by atoms with Gasteiger partial charge in [-0.15, -0.1) is 0 Å². The molecule has 1 aromatic carbocycles. The van der Waals surface area contributed by atoms with Gasteiger partial charge in [-0.2, -0.15) is 0 Å². The van der Waals surface area contributed by atoms with Crippen molar-refractivity contribution < 1.29 is 9.90 Å². The predicted octanol–water partition coefficient (Wildman–Crippen LogP) is 1.02. The molecular formula is C13H10N2O2. The molecule has 0 spiro atoms. The molecule has 0 fully saturated rings. The Morgan fingerprint density at radius 3 is 2.71 bits per heavy atom. The van der Waals surface area contributed by atoms with Crippen LogP contribution in [-0.4, -0.2) is 16.0 Å². The summed E-state index contributed by atoms with van der Waals surface area (Å²) in [6.07, 6.45) is 3.03. The fraction of sp³-hybridized carbons (Fsp3) is 0.0769. The van der Waals surface area contributed by atoms with Gasteiger partial charge >= 0.3 is 0 Å². The maximum atomic E-state index is 11.7. The first-order valence-electron chi connectivity index (χ1n) is 5.27. The van der Waals surface area contributed by atoms with E-state index in [1.165, 1.54) is 6.20 Å². The summed E-state index contributed by atoms with van der Waals surface area (Å²) in [5, 5.41) is 13.2. The minimum absolute atomic E-state index is 0.306. The molecule has 1 amide bonds. The van der Waals surface area contributed by atoms with Gasteiger partial charge in [-0.3, -0.25) is 9.78 Å². The van der Waals surface area contributed by atoms with E-state index in [4.69, 9.17) is 0 Å². The summed E-state index contributed by atoms with van der Waals surface area (Å²) in [5.41, 5.74) is 0.150. The fourth-order valence-electron chi connectivity index (χ4n) is 2.10. The predicted molar refractivity (Wildman–Crippen MR) is 61.1 cm³/mol. The van der Waals surface area contributed by atoms with E-state index in [1.54, 1.807) is 24.4 Å². The average Bonchev–Trinajstić information content (AvgIpc) is 2.65. The molecule has 2 N–H and O–H groups in total. The highest BCUT2D eigenvalue weighted by Crippen LogP contribution is 2.33. The quantitative estimate of drug-likeness (QED) is 0.763. The highest BCUT2D eigenvalue weighted by molar-refractivity contribution is 5.99. The number of fused-ring (bicyclic) bond motifs is 1. The molecule has 0 bridgehead atoms. The molecule has 4 nitrogen and oxygen atoms in total. The minimum Gasteiger partial charge on any atom is -0.363 e. The molecule has 1 aliphatic rings.